The first kappa shape index (κ1) is 37.8. The number of hydrogen-bond donors (Lipinski definition) is 5. The molecule has 15 nitrogen and oxygen atoms in total. The van der Waals surface area contributed by atoms with Gasteiger partial charge in [-0.3, -0.25) is 28.9 Å². The molecule has 0 fully saturated rings. The molecule has 15 heteroatoms. The Balaban J connectivity index is 1.55. The van der Waals surface area contributed by atoms with Crippen LogP contribution in [0.15, 0.2) is 89.7 Å². The molecule has 276 valence electrons. The molecule has 0 saturated carbocycles. The van der Waals surface area contributed by atoms with Gasteiger partial charge in [-0.25, -0.2) is 0 Å². The van der Waals surface area contributed by atoms with Crippen molar-refractivity contribution in [1.82, 2.24) is 9.47 Å². The Morgan fingerprint density at radius 3 is 2.04 bits per heavy atom. The van der Waals surface area contributed by atoms with E-state index in [9.17, 15) is 39.3 Å². The standard InChI is InChI=1S/C38H37N3O12/c42-26-7-9-28-31(17-26)41(19-24-4-2-1-3-5-24)32-18-27(43)8-10-29(32)38(28)25-6-11-30(40(22-36(48)49)23-37(50)51)33(16-25)53-15-14-52-13-12-39(20-34(44)45)21-35(46)47/h1-11,16-18,42H,12-15,19-23H2,(H,44,45)(H,46,47)(H,48,49)(H,50,51). The van der Waals surface area contributed by atoms with Gasteiger partial charge in [-0.05, 0) is 47.5 Å². The lowest BCUT2D eigenvalue weighted by Gasteiger charge is -2.26. The quantitative estimate of drug-likeness (QED) is 0.0609. The molecule has 1 aliphatic carbocycles. The highest BCUT2D eigenvalue weighted by molar-refractivity contribution is 6.04. The monoisotopic (exact) mass is 727 g/mol. The van der Waals surface area contributed by atoms with Crippen molar-refractivity contribution in [2.75, 3.05) is 57.4 Å². The Kier molecular flexibility index (Phi) is 12.2. The van der Waals surface area contributed by atoms with Crippen LogP contribution < -0.4 is 15.1 Å². The summed E-state index contributed by atoms with van der Waals surface area (Å²) in [6, 6.07) is 24.1. The number of pyridine rings is 1. The Labute approximate surface area is 302 Å². The number of phenolic OH excluding ortho intramolecular Hbond substituents is 1. The molecule has 5 N–H and O–H groups in total. The molecule has 0 saturated heterocycles. The fourth-order valence-electron chi connectivity index (χ4n) is 6.13. The van der Waals surface area contributed by atoms with Crippen molar-refractivity contribution >= 4 is 40.5 Å². The largest absolute Gasteiger partial charge is 0.508 e. The van der Waals surface area contributed by atoms with Crippen LogP contribution in [0.25, 0.3) is 33.3 Å². The van der Waals surface area contributed by atoms with Gasteiger partial charge >= 0.3 is 23.9 Å². The van der Waals surface area contributed by atoms with E-state index in [1.54, 1.807) is 42.5 Å². The smallest absolute Gasteiger partial charge is 0.323 e. The second-order valence-corrected chi connectivity index (χ2v) is 12.1. The molecule has 0 atom stereocenters. The third-order valence-electron chi connectivity index (χ3n) is 8.25. The molecule has 5 rings (SSSR count). The van der Waals surface area contributed by atoms with E-state index in [0.717, 1.165) is 10.5 Å². The molecule has 0 radical (unpaired) electrons. The van der Waals surface area contributed by atoms with Gasteiger partial charge in [0.15, 0.2) is 5.43 Å². The van der Waals surface area contributed by atoms with Crippen LogP contribution in [0.3, 0.4) is 0 Å². The van der Waals surface area contributed by atoms with E-state index in [2.05, 4.69) is 0 Å². The van der Waals surface area contributed by atoms with E-state index in [-0.39, 0.29) is 49.0 Å². The Morgan fingerprint density at radius 2 is 1.38 bits per heavy atom. The summed E-state index contributed by atoms with van der Waals surface area (Å²) < 4.78 is 13.6. The van der Waals surface area contributed by atoms with Gasteiger partial charge < -0.3 is 44.5 Å². The maximum Gasteiger partial charge on any atom is 0.323 e. The molecule has 3 aromatic rings. The minimum Gasteiger partial charge on any atom is -0.508 e. The molecular weight excluding hydrogens is 690 g/mol. The second-order valence-electron chi connectivity index (χ2n) is 12.1. The zero-order valence-electron chi connectivity index (χ0n) is 28.4. The zero-order valence-corrected chi connectivity index (χ0v) is 28.4. The molecule has 0 unspecified atom stereocenters. The average Bonchev–Trinajstić information content (AvgIpc) is 3.09. The lowest BCUT2D eigenvalue weighted by Crippen LogP contribution is -2.37. The number of anilines is 1. The first-order valence-corrected chi connectivity index (χ1v) is 16.4. The number of fused-ring (bicyclic) bond motifs is 2. The molecule has 0 spiro atoms. The summed E-state index contributed by atoms with van der Waals surface area (Å²) >= 11 is 0. The van der Waals surface area contributed by atoms with Gasteiger partial charge in [0.25, 0.3) is 0 Å². The first-order chi connectivity index (χ1) is 25.4. The zero-order chi connectivity index (χ0) is 38.1. The molecule has 0 amide bonds. The van der Waals surface area contributed by atoms with Crippen LogP contribution in [-0.2, 0) is 30.5 Å². The topological polar surface area (TPSA) is 216 Å². The Bertz CT molecular complexity index is 2120. The summed E-state index contributed by atoms with van der Waals surface area (Å²) in [6.45, 7) is -2.01. The lowest BCUT2D eigenvalue weighted by molar-refractivity contribution is -0.142. The van der Waals surface area contributed by atoms with Crippen LogP contribution in [0.2, 0.25) is 0 Å². The fraction of sp³-hybridized carbons (Fsp3) is 0.237. The van der Waals surface area contributed by atoms with E-state index in [1.807, 2.05) is 34.9 Å². The fourth-order valence-corrected chi connectivity index (χ4v) is 6.13. The van der Waals surface area contributed by atoms with Crippen LogP contribution >= 0.6 is 0 Å². The predicted molar refractivity (Wildman–Crippen MR) is 193 cm³/mol. The maximum atomic E-state index is 12.8. The number of rotatable bonds is 19. The number of nitrogens with zero attached hydrogens (tertiary/aromatic N) is 3. The molecule has 3 aromatic carbocycles. The van der Waals surface area contributed by atoms with Crippen LogP contribution in [0.4, 0.5) is 5.69 Å². The van der Waals surface area contributed by atoms with Crippen molar-refractivity contribution in [3.63, 3.8) is 0 Å². The molecule has 0 aromatic heterocycles. The van der Waals surface area contributed by atoms with Crippen LogP contribution in [-0.4, -0.2) is 111 Å². The number of aromatic hydroxyl groups is 1. The third-order valence-corrected chi connectivity index (χ3v) is 8.25. The SMILES string of the molecule is O=C(O)CN(CCOCCOc1cc(-c2c3ccc(=O)cc-3n(Cc3ccccc3)c3cc(O)ccc23)ccc1N(CC(=O)O)CC(=O)O)CC(=O)O. The van der Waals surface area contributed by atoms with Crippen molar-refractivity contribution < 1.29 is 54.2 Å². The summed E-state index contributed by atoms with van der Waals surface area (Å²) in [5.41, 5.74) is 4.08. The molecule has 1 heterocycles. The number of carbonyl (C=O) groups is 4. The minimum absolute atomic E-state index is 0.00860. The van der Waals surface area contributed by atoms with Crippen molar-refractivity contribution in [2.24, 2.45) is 0 Å². The molecular formula is C38H37N3O12. The summed E-state index contributed by atoms with van der Waals surface area (Å²) in [5, 5.41) is 48.6. The number of carboxylic acids is 4. The maximum absolute atomic E-state index is 12.8. The normalized spacial score (nSPS) is 11.2. The van der Waals surface area contributed by atoms with Crippen LogP contribution in [0.5, 0.6) is 11.5 Å². The molecule has 0 bridgehead atoms. The van der Waals surface area contributed by atoms with Gasteiger partial charge in [0.2, 0.25) is 0 Å². The summed E-state index contributed by atoms with van der Waals surface area (Å²) in [4.78, 5) is 60.8. The molecule has 1 aliphatic heterocycles. The summed E-state index contributed by atoms with van der Waals surface area (Å²) in [7, 11) is 0. The van der Waals surface area contributed by atoms with Crippen LogP contribution in [0.1, 0.15) is 5.56 Å². The van der Waals surface area contributed by atoms with Gasteiger partial charge in [0, 0.05) is 41.7 Å². The number of carboxylic acid groups (broad SMARTS) is 4. The van der Waals surface area contributed by atoms with E-state index in [1.165, 1.54) is 17.0 Å². The van der Waals surface area contributed by atoms with Crippen molar-refractivity contribution in [2.45, 2.75) is 6.54 Å². The van der Waals surface area contributed by atoms with Crippen molar-refractivity contribution in [3.8, 4) is 33.9 Å². The van der Waals surface area contributed by atoms with Gasteiger partial charge in [0.1, 0.15) is 31.2 Å². The van der Waals surface area contributed by atoms with Crippen LogP contribution in [0, 0.1) is 0 Å². The van der Waals surface area contributed by atoms with E-state index in [4.69, 9.17) is 19.7 Å². The highest BCUT2D eigenvalue weighted by Gasteiger charge is 2.24. The number of hydrogen-bond acceptors (Lipinski definition) is 10. The van der Waals surface area contributed by atoms with Gasteiger partial charge in [-0.15, -0.1) is 0 Å². The van der Waals surface area contributed by atoms with Crippen molar-refractivity contribution in [3.05, 3.63) is 101 Å². The number of phenols is 1. The Hall–Kier alpha value is -6.45. The van der Waals surface area contributed by atoms with E-state index in [0.29, 0.717) is 39.8 Å². The minimum atomic E-state index is -1.27. The van der Waals surface area contributed by atoms with Gasteiger partial charge in [-0.1, -0.05) is 36.4 Å². The number of ether oxygens (including phenoxy) is 2. The lowest BCUT2D eigenvalue weighted by atomic mass is 9.91. The van der Waals surface area contributed by atoms with Crippen molar-refractivity contribution in [1.29, 1.82) is 0 Å². The summed E-state index contributed by atoms with van der Waals surface area (Å²) in [5.74, 6) is -4.78. The number of aliphatic carboxylic acids is 4. The Morgan fingerprint density at radius 1 is 0.698 bits per heavy atom. The van der Waals surface area contributed by atoms with E-state index >= 15 is 0 Å². The summed E-state index contributed by atoms with van der Waals surface area (Å²) in [6.07, 6.45) is 0. The highest BCUT2D eigenvalue weighted by atomic mass is 16.5. The average molecular weight is 728 g/mol. The first-order valence-electron chi connectivity index (χ1n) is 16.4. The molecule has 2 aliphatic rings. The number of aromatic nitrogens is 1. The predicted octanol–water partition coefficient (Wildman–Crippen LogP) is 3.37. The third kappa shape index (κ3) is 9.87. The second kappa shape index (κ2) is 17.2. The number of benzene rings is 4. The van der Waals surface area contributed by atoms with Gasteiger partial charge in [-0.2, -0.15) is 0 Å². The molecule has 53 heavy (non-hydrogen) atoms. The highest BCUT2D eigenvalue weighted by Crippen LogP contribution is 2.43. The van der Waals surface area contributed by atoms with E-state index < -0.39 is 50.1 Å². The van der Waals surface area contributed by atoms with Gasteiger partial charge in [0.05, 0.1) is 43.2 Å².